The Kier molecular flexibility index (Phi) is 6.47. The van der Waals surface area contributed by atoms with Gasteiger partial charge in [0.15, 0.2) is 5.16 Å². The number of ether oxygens (including phenoxy) is 1. The van der Waals surface area contributed by atoms with Gasteiger partial charge in [0, 0.05) is 10.9 Å². The number of hydrogen-bond acceptors (Lipinski definition) is 6. The molecule has 2 aliphatic carbocycles. The number of hydrogen-bond donors (Lipinski definition) is 1. The summed E-state index contributed by atoms with van der Waals surface area (Å²) in [6.45, 7) is 1.89. The van der Waals surface area contributed by atoms with E-state index in [1.165, 1.54) is 29.5 Å². The third-order valence-corrected chi connectivity index (χ3v) is 8.88. The first-order chi connectivity index (χ1) is 16.1. The van der Waals surface area contributed by atoms with Gasteiger partial charge in [0.25, 0.3) is 5.56 Å². The molecule has 1 unspecified atom stereocenters. The number of thiophene rings is 1. The van der Waals surface area contributed by atoms with Crippen LogP contribution < -0.4 is 15.6 Å². The Bertz CT molecular complexity index is 1240. The average molecular weight is 484 g/mol. The summed E-state index contributed by atoms with van der Waals surface area (Å²) in [5, 5.41) is 4.07. The molecule has 0 bridgehead atoms. The number of aromatic nitrogens is 2. The third-order valence-electron chi connectivity index (χ3n) is 6.64. The molecule has 2 heterocycles. The van der Waals surface area contributed by atoms with Gasteiger partial charge in [0.1, 0.15) is 10.6 Å². The van der Waals surface area contributed by atoms with Crippen LogP contribution in [-0.2, 0) is 17.6 Å². The minimum Gasteiger partial charge on any atom is -0.495 e. The molecule has 3 aromatic rings. The van der Waals surface area contributed by atoms with Crippen LogP contribution in [0.25, 0.3) is 15.9 Å². The standard InChI is InChI=1S/C25H29N3O3S2/c1-15(22(29)26-16-9-3-4-10-16)32-25-27-23-21(17-11-5-8-14-20(17)33-23)24(30)28(25)18-12-6-7-13-19(18)31-2/h6-7,12-13,15-16H,3-5,8-11,14H2,1-2H3,(H,26,29). The molecule has 1 N–H and O–H groups in total. The summed E-state index contributed by atoms with van der Waals surface area (Å²) >= 11 is 2.98. The molecule has 0 spiro atoms. The van der Waals surface area contributed by atoms with Crippen molar-refractivity contribution in [3.63, 3.8) is 0 Å². The molecule has 0 aliphatic heterocycles. The summed E-state index contributed by atoms with van der Waals surface area (Å²) in [4.78, 5) is 33.9. The highest BCUT2D eigenvalue weighted by atomic mass is 32.2. The van der Waals surface area contributed by atoms with E-state index in [4.69, 9.17) is 9.72 Å². The van der Waals surface area contributed by atoms with Crippen LogP contribution in [-0.4, -0.2) is 33.9 Å². The van der Waals surface area contributed by atoms with Gasteiger partial charge < -0.3 is 10.1 Å². The number of thioether (sulfide) groups is 1. The number of fused-ring (bicyclic) bond motifs is 3. The van der Waals surface area contributed by atoms with Crippen molar-refractivity contribution < 1.29 is 9.53 Å². The fourth-order valence-electron chi connectivity index (χ4n) is 4.89. The molecule has 1 atom stereocenters. The predicted octanol–water partition coefficient (Wildman–Crippen LogP) is 4.87. The van der Waals surface area contributed by atoms with Crippen LogP contribution in [0.3, 0.4) is 0 Å². The van der Waals surface area contributed by atoms with E-state index in [0.29, 0.717) is 16.6 Å². The van der Waals surface area contributed by atoms with E-state index in [-0.39, 0.29) is 22.8 Å². The minimum absolute atomic E-state index is 0.00158. The quantitative estimate of drug-likeness (QED) is 0.400. The number of para-hydroxylation sites is 2. The van der Waals surface area contributed by atoms with Gasteiger partial charge in [-0.3, -0.25) is 14.2 Å². The second kappa shape index (κ2) is 9.50. The summed E-state index contributed by atoms with van der Waals surface area (Å²) in [7, 11) is 1.60. The first-order valence-corrected chi connectivity index (χ1v) is 13.4. The fourth-order valence-corrected chi connectivity index (χ4v) is 7.12. The van der Waals surface area contributed by atoms with Crippen LogP contribution in [0.15, 0.2) is 34.2 Å². The molecule has 1 aromatic carbocycles. The Morgan fingerprint density at radius 2 is 1.97 bits per heavy atom. The molecule has 1 fully saturated rings. The molecule has 33 heavy (non-hydrogen) atoms. The van der Waals surface area contributed by atoms with E-state index in [9.17, 15) is 9.59 Å². The summed E-state index contributed by atoms with van der Waals surface area (Å²) in [5.41, 5.74) is 1.74. The van der Waals surface area contributed by atoms with Crippen molar-refractivity contribution >= 4 is 39.2 Å². The van der Waals surface area contributed by atoms with Crippen molar-refractivity contribution in [3.05, 3.63) is 45.1 Å². The molecule has 2 aromatic heterocycles. The normalized spacial score (nSPS) is 17.2. The van der Waals surface area contributed by atoms with E-state index in [1.807, 2.05) is 31.2 Å². The highest BCUT2D eigenvalue weighted by Gasteiger charge is 2.27. The maximum Gasteiger partial charge on any atom is 0.267 e. The minimum atomic E-state index is -0.370. The molecule has 2 aliphatic rings. The number of carbonyl (C=O) groups excluding carboxylic acids is 1. The molecular formula is C25H29N3O3S2. The SMILES string of the molecule is COc1ccccc1-n1c(SC(C)C(=O)NC2CCCC2)nc2sc3c(c2c1=O)CCCC3. The van der Waals surface area contributed by atoms with Gasteiger partial charge in [0.2, 0.25) is 5.91 Å². The van der Waals surface area contributed by atoms with E-state index >= 15 is 0 Å². The lowest BCUT2D eigenvalue weighted by Gasteiger charge is -2.19. The van der Waals surface area contributed by atoms with Crippen LogP contribution in [0.2, 0.25) is 0 Å². The largest absolute Gasteiger partial charge is 0.495 e. The lowest BCUT2D eigenvalue weighted by molar-refractivity contribution is -0.120. The highest BCUT2D eigenvalue weighted by Crippen LogP contribution is 2.36. The summed E-state index contributed by atoms with van der Waals surface area (Å²) in [5.74, 6) is 0.605. The molecule has 174 valence electrons. The number of nitrogens with zero attached hydrogens (tertiary/aromatic N) is 2. The van der Waals surface area contributed by atoms with Crippen LogP contribution in [0.1, 0.15) is 55.9 Å². The number of benzene rings is 1. The highest BCUT2D eigenvalue weighted by molar-refractivity contribution is 8.00. The number of amides is 1. The molecule has 0 radical (unpaired) electrons. The van der Waals surface area contributed by atoms with Gasteiger partial charge in [-0.1, -0.05) is 36.7 Å². The van der Waals surface area contributed by atoms with Crippen LogP contribution in [0.4, 0.5) is 0 Å². The Hall–Kier alpha value is -2.32. The number of rotatable bonds is 6. The van der Waals surface area contributed by atoms with E-state index < -0.39 is 0 Å². The predicted molar refractivity (Wildman–Crippen MR) is 134 cm³/mol. The first-order valence-electron chi connectivity index (χ1n) is 11.7. The first kappa shape index (κ1) is 22.5. The molecule has 0 saturated heterocycles. The molecule has 1 saturated carbocycles. The monoisotopic (exact) mass is 483 g/mol. The Labute approximate surface area is 201 Å². The van der Waals surface area contributed by atoms with Gasteiger partial charge in [0.05, 0.1) is 23.4 Å². The molecule has 6 nitrogen and oxygen atoms in total. The van der Waals surface area contributed by atoms with Gasteiger partial charge in [-0.25, -0.2) is 4.98 Å². The average Bonchev–Trinajstić information content (AvgIpc) is 3.46. The summed E-state index contributed by atoms with van der Waals surface area (Å²) < 4.78 is 7.23. The summed E-state index contributed by atoms with van der Waals surface area (Å²) in [6.07, 6.45) is 8.60. The Morgan fingerprint density at radius 1 is 1.21 bits per heavy atom. The van der Waals surface area contributed by atoms with Crippen LogP contribution in [0.5, 0.6) is 5.75 Å². The Balaban J connectivity index is 1.60. The maximum atomic E-state index is 13.9. The van der Waals surface area contributed by atoms with Gasteiger partial charge in [-0.15, -0.1) is 11.3 Å². The zero-order chi connectivity index (χ0) is 22.9. The number of methoxy groups -OCH3 is 1. The maximum absolute atomic E-state index is 13.9. The lowest BCUT2D eigenvalue weighted by atomic mass is 9.97. The van der Waals surface area contributed by atoms with Gasteiger partial charge in [-0.05, 0) is 63.1 Å². The van der Waals surface area contributed by atoms with Crippen molar-refractivity contribution in [1.82, 2.24) is 14.9 Å². The van der Waals surface area contributed by atoms with Crippen molar-refractivity contribution in [2.24, 2.45) is 0 Å². The van der Waals surface area contributed by atoms with Crippen molar-refractivity contribution in [3.8, 4) is 11.4 Å². The van der Waals surface area contributed by atoms with Crippen molar-refractivity contribution in [2.45, 2.75) is 74.7 Å². The van der Waals surface area contributed by atoms with E-state index in [2.05, 4.69) is 5.32 Å². The zero-order valence-electron chi connectivity index (χ0n) is 19.1. The molecule has 5 rings (SSSR count). The number of aryl methyl sites for hydroxylation is 2. The molecule has 1 amide bonds. The van der Waals surface area contributed by atoms with Gasteiger partial charge in [-0.2, -0.15) is 0 Å². The van der Waals surface area contributed by atoms with Crippen LogP contribution in [0, 0.1) is 0 Å². The lowest BCUT2D eigenvalue weighted by Crippen LogP contribution is -2.38. The topological polar surface area (TPSA) is 73.2 Å². The second-order valence-electron chi connectivity index (χ2n) is 8.85. The summed E-state index contributed by atoms with van der Waals surface area (Å²) in [6, 6.07) is 7.76. The second-order valence-corrected chi connectivity index (χ2v) is 11.2. The van der Waals surface area contributed by atoms with E-state index in [0.717, 1.165) is 54.3 Å². The van der Waals surface area contributed by atoms with Gasteiger partial charge >= 0.3 is 0 Å². The molecule has 8 heteroatoms. The number of nitrogens with one attached hydrogen (secondary N) is 1. The number of carbonyl (C=O) groups is 1. The third kappa shape index (κ3) is 4.30. The van der Waals surface area contributed by atoms with E-state index in [1.54, 1.807) is 23.0 Å². The smallest absolute Gasteiger partial charge is 0.267 e. The van der Waals surface area contributed by atoms with Crippen molar-refractivity contribution in [2.75, 3.05) is 7.11 Å². The fraction of sp³-hybridized carbons (Fsp3) is 0.480. The van der Waals surface area contributed by atoms with Crippen LogP contribution >= 0.6 is 23.1 Å². The zero-order valence-corrected chi connectivity index (χ0v) is 20.7. The molecular weight excluding hydrogens is 454 g/mol. The Morgan fingerprint density at radius 3 is 2.76 bits per heavy atom. The van der Waals surface area contributed by atoms with Crippen molar-refractivity contribution in [1.29, 1.82) is 0 Å².